The molecule has 0 spiro atoms. The van der Waals surface area contributed by atoms with Crippen LogP contribution in [-0.4, -0.2) is 39.6 Å². The lowest BCUT2D eigenvalue weighted by Crippen LogP contribution is -1.90. The maximum absolute atomic E-state index is 6.02. The highest BCUT2D eigenvalue weighted by molar-refractivity contribution is 7.28. The summed E-state index contributed by atoms with van der Waals surface area (Å²) in [6.45, 7) is 0. The third-order valence-electron chi connectivity index (χ3n) is 5.21. The molecule has 0 aliphatic carbocycles. The first kappa shape index (κ1) is 21.1. The summed E-state index contributed by atoms with van der Waals surface area (Å²) in [5.74, 6) is 1.36. The fraction of sp³-hybridized carbons (Fsp3) is 0. The van der Waals surface area contributed by atoms with Crippen molar-refractivity contribution in [3.8, 4) is 42.5 Å². The molecule has 0 bridgehead atoms. The topological polar surface area (TPSA) is 86.2 Å². The average Bonchev–Trinajstić information content (AvgIpc) is 3.65. The van der Waals surface area contributed by atoms with Crippen molar-refractivity contribution < 1.29 is 0 Å². The van der Waals surface area contributed by atoms with E-state index in [0.29, 0.717) is 21.7 Å². The summed E-state index contributed by atoms with van der Waals surface area (Å²) < 4.78 is 3.54. The molecule has 170 valence electrons. The summed E-state index contributed by atoms with van der Waals surface area (Å²) in [5.41, 5.74) is 1.81. The van der Waals surface area contributed by atoms with E-state index in [2.05, 4.69) is 32.5 Å². The van der Waals surface area contributed by atoms with Gasteiger partial charge in [-0.3, -0.25) is 0 Å². The molecule has 8 nitrogen and oxygen atoms in total. The van der Waals surface area contributed by atoms with Gasteiger partial charge < -0.3 is 0 Å². The first-order valence-electron chi connectivity index (χ1n) is 10.2. The van der Waals surface area contributed by atoms with Gasteiger partial charge in [0.1, 0.15) is 0 Å². The number of fused-ring (bicyclic) bond motifs is 2. The van der Waals surface area contributed by atoms with Crippen molar-refractivity contribution in [1.82, 2.24) is 39.6 Å². The van der Waals surface area contributed by atoms with Crippen LogP contribution >= 0.6 is 57.2 Å². The minimum absolute atomic E-state index is 0.672. The first-order chi connectivity index (χ1) is 17.1. The second-order valence-corrected chi connectivity index (χ2v) is 11.3. The lowest BCUT2D eigenvalue weighted by Gasteiger charge is -1.97. The zero-order valence-electron chi connectivity index (χ0n) is 17.3. The van der Waals surface area contributed by atoms with Gasteiger partial charge in [0.25, 0.3) is 0 Å². The SMILES string of the molecule is Clc1ccc(-c2nnc3sc(-c4ccc(-c5nn6c(-c7ccc(Cl)cc7)nnc6s5)s4)nn23)cc1. The van der Waals surface area contributed by atoms with Gasteiger partial charge in [-0.25, -0.2) is 0 Å². The van der Waals surface area contributed by atoms with Gasteiger partial charge >= 0.3 is 0 Å². The standard InChI is InChI=1S/C22H10Cl2N8S3/c23-13-5-1-11(2-6-13)17-25-27-21-31(17)29-19(34-21)15-9-10-16(33-15)20-30-32-18(26-28-22(32)35-20)12-3-7-14(24)8-4-12/h1-10H. The molecular formula is C22H10Cl2N8S3. The van der Waals surface area contributed by atoms with Gasteiger partial charge in [-0.2, -0.15) is 19.2 Å². The highest BCUT2D eigenvalue weighted by Gasteiger charge is 2.19. The molecule has 7 rings (SSSR count). The maximum atomic E-state index is 6.02. The van der Waals surface area contributed by atoms with Crippen LogP contribution < -0.4 is 0 Å². The van der Waals surface area contributed by atoms with Crippen molar-refractivity contribution in [2.45, 2.75) is 0 Å². The summed E-state index contributed by atoms with van der Waals surface area (Å²) in [6, 6.07) is 19.1. The third kappa shape index (κ3) is 3.63. The number of rotatable bonds is 4. The molecule has 13 heteroatoms. The highest BCUT2D eigenvalue weighted by Crippen LogP contribution is 2.38. The molecule has 5 heterocycles. The number of halogens is 2. The monoisotopic (exact) mass is 552 g/mol. The van der Waals surface area contributed by atoms with Crippen LogP contribution in [0.15, 0.2) is 60.7 Å². The Hall–Kier alpha value is -3.22. The summed E-state index contributed by atoms with van der Waals surface area (Å²) in [6.07, 6.45) is 0. The van der Waals surface area contributed by atoms with E-state index < -0.39 is 0 Å². The van der Waals surface area contributed by atoms with E-state index in [1.807, 2.05) is 48.5 Å². The van der Waals surface area contributed by atoms with Crippen molar-refractivity contribution in [1.29, 1.82) is 0 Å². The number of hydrogen-bond acceptors (Lipinski definition) is 9. The summed E-state index contributed by atoms with van der Waals surface area (Å²) >= 11 is 16.6. The number of hydrogen-bond donors (Lipinski definition) is 0. The molecular weight excluding hydrogens is 543 g/mol. The van der Waals surface area contributed by atoms with Crippen LogP contribution in [0, 0.1) is 0 Å². The fourth-order valence-corrected chi connectivity index (χ4v) is 6.59. The van der Waals surface area contributed by atoms with Crippen LogP contribution in [0.3, 0.4) is 0 Å². The molecule has 0 saturated heterocycles. The van der Waals surface area contributed by atoms with Gasteiger partial charge in [-0.1, -0.05) is 45.9 Å². The first-order valence-corrected chi connectivity index (χ1v) is 13.4. The van der Waals surface area contributed by atoms with E-state index in [9.17, 15) is 0 Å². The van der Waals surface area contributed by atoms with Crippen LogP contribution in [0.5, 0.6) is 0 Å². The molecule has 0 unspecified atom stereocenters. The van der Waals surface area contributed by atoms with Crippen molar-refractivity contribution in [3.05, 3.63) is 70.7 Å². The van der Waals surface area contributed by atoms with E-state index in [1.165, 1.54) is 22.7 Å². The van der Waals surface area contributed by atoms with Gasteiger partial charge in [0, 0.05) is 21.2 Å². The van der Waals surface area contributed by atoms with Crippen LogP contribution in [0.4, 0.5) is 0 Å². The molecule has 7 aromatic rings. The summed E-state index contributed by atoms with van der Waals surface area (Å²) in [5, 5.41) is 29.8. The number of benzene rings is 2. The largest absolute Gasteiger partial charge is 0.235 e. The minimum Gasteiger partial charge on any atom is -0.182 e. The molecule has 35 heavy (non-hydrogen) atoms. The molecule has 0 atom stereocenters. The quantitative estimate of drug-likeness (QED) is 0.241. The Labute approximate surface area is 219 Å². The van der Waals surface area contributed by atoms with Crippen LogP contribution in [0.2, 0.25) is 10.0 Å². The van der Waals surface area contributed by atoms with Gasteiger partial charge in [0.05, 0.1) is 9.75 Å². The lowest BCUT2D eigenvalue weighted by atomic mass is 10.2. The van der Waals surface area contributed by atoms with Crippen molar-refractivity contribution in [2.24, 2.45) is 0 Å². The van der Waals surface area contributed by atoms with E-state index in [1.54, 1.807) is 20.4 Å². The van der Waals surface area contributed by atoms with Gasteiger partial charge in [0.15, 0.2) is 21.7 Å². The molecule has 0 aliphatic rings. The van der Waals surface area contributed by atoms with E-state index in [0.717, 1.165) is 40.8 Å². The van der Waals surface area contributed by atoms with Crippen LogP contribution in [0.1, 0.15) is 0 Å². The minimum atomic E-state index is 0.672. The average molecular weight is 553 g/mol. The van der Waals surface area contributed by atoms with Crippen LogP contribution in [-0.2, 0) is 0 Å². The predicted octanol–water partition coefficient (Wildman–Crippen LogP) is 6.72. The van der Waals surface area contributed by atoms with E-state index >= 15 is 0 Å². The van der Waals surface area contributed by atoms with Crippen molar-refractivity contribution in [2.75, 3.05) is 0 Å². The zero-order valence-corrected chi connectivity index (χ0v) is 21.3. The van der Waals surface area contributed by atoms with Crippen LogP contribution in [0.25, 0.3) is 52.5 Å². The van der Waals surface area contributed by atoms with Gasteiger partial charge in [-0.05, 0) is 60.7 Å². The van der Waals surface area contributed by atoms with E-state index in [-0.39, 0.29) is 0 Å². The third-order valence-corrected chi connectivity index (χ3v) is 8.94. The Kier molecular flexibility index (Phi) is 4.93. The van der Waals surface area contributed by atoms with Crippen molar-refractivity contribution >= 4 is 67.1 Å². The lowest BCUT2D eigenvalue weighted by molar-refractivity contribution is 0.972. The molecule has 2 aromatic carbocycles. The number of aromatic nitrogens is 8. The molecule has 0 N–H and O–H groups in total. The molecule has 0 saturated carbocycles. The van der Waals surface area contributed by atoms with E-state index in [4.69, 9.17) is 33.4 Å². The molecule has 5 aromatic heterocycles. The summed E-state index contributed by atoms with van der Waals surface area (Å²) in [4.78, 5) is 3.51. The second kappa shape index (κ2) is 8.18. The highest BCUT2D eigenvalue weighted by atomic mass is 35.5. The Morgan fingerprint density at radius 3 is 1.37 bits per heavy atom. The predicted molar refractivity (Wildman–Crippen MR) is 141 cm³/mol. The zero-order chi connectivity index (χ0) is 23.5. The van der Waals surface area contributed by atoms with Crippen molar-refractivity contribution in [3.63, 3.8) is 0 Å². The Morgan fingerprint density at radius 1 is 0.514 bits per heavy atom. The summed E-state index contributed by atoms with van der Waals surface area (Å²) in [7, 11) is 0. The Bertz CT molecular complexity index is 1690. The Morgan fingerprint density at radius 2 is 0.943 bits per heavy atom. The molecule has 0 fully saturated rings. The fourth-order valence-electron chi connectivity index (χ4n) is 3.56. The smallest absolute Gasteiger partial charge is 0.182 e. The normalized spacial score (nSPS) is 11.7. The molecule has 0 aliphatic heterocycles. The van der Waals surface area contributed by atoms with Gasteiger partial charge in [0.2, 0.25) is 9.92 Å². The number of thiophene rings is 1. The number of nitrogens with zero attached hydrogens (tertiary/aromatic N) is 8. The maximum Gasteiger partial charge on any atom is 0.235 e. The second-order valence-electron chi connectivity index (χ2n) is 7.43. The van der Waals surface area contributed by atoms with Gasteiger partial charge in [-0.15, -0.1) is 31.7 Å². The molecule has 0 radical (unpaired) electrons. The Balaban J connectivity index is 1.23. The molecule has 0 amide bonds.